The third-order valence-electron chi connectivity index (χ3n) is 3.07. The van der Waals surface area contributed by atoms with E-state index in [1.54, 1.807) is 0 Å². The molecule has 0 saturated heterocycles. The minimum atomic E-state index is -0.447. The molecule has 0 amide bonds. The van der Waals surface area contributed by atoms with Gasteiger partial charge in [0.2, 0.25) is 0 Å². The third-order valence-corrected chi connectivity index (χ3v) is 3.72. The molecule has 0 bridgehead atoms. The minimum absolute atomic E-state index is 0.149. The van der Waals surface area contributed by atoms with Crippen LogP contribution in [-0.2, 0) is 5.33 Å². The van der Waals surface area contributed by atoms with Crippen LogP contribution in [0.5, 0.6) is 0 Å². The standard InChI is InChI=1S/C14H18BrF2N/c1-9(2)8-18(11-3-4-11)14-12(16)5-10(7-15)6-13(14)17/h5-6,9,11H,3-4,7-8H2,1-2H3. The van der Waals surface area contributed by atoms with E-state index in [0.29, 0.717) is 29.4 Å². The van der Waals surface area contributed by atoms with Gasteiger partial charge >= 0.3 is 0 Å². The number of alkyl halides is 1. The Hall–Kier alpha value is -0.640. The summed E-state index contributed by atoms with van der Waals surface area (Å²) in [5.74, 6) is -0.505. The fourth-order valence-corrected chi connectivity index (χ4v) is 2.50. The zero-order valence-corrected chi connectivity index (χ0v) is 12.3. The number of halogens is 3. The second-order valence-electron chi connectivity index (χ2n) is 5.32. The lowest BCUT2D eigenvalue weighted by Gasteiger charge is -2.27. The van der Waals surface area contributed by atoms with Crippen molar-refractivity contribution in [3.05, 3.63) is 29.3 Å². The molecule has 0 spiro atoms. The molecule has 0 N–H and O–H groups in total. The predicted molar refractivity (Wildman–Crippen MR) is 74.2 cm³/mol. The van der Waals surface area contributed by atoms with Crippen LogP contribution in [0.1, 0.15) is 32.3 Å². The van der Waals surface area contributed by atoms with Crippen molar-refractivity contribution in [1.29, 1.82) is 0 Å². The van der Waals surface area contributed by atoms with Gasteiger partial charge in [-0.05, 0) is 36.5 Å². The van der Waals surface area contributed by atoms with Crippen LogP contribution in [0.25, 0.3) is 0 Å². The van der Waals surface area contributed by atoms with Crippen LogP contribution in [0, 0.1) is 17.6 Å². The molecular formula is C14H18BrF2N. The number of nitrogens with zero attached hydrogens (tertiary/aromatic N) is 1. The van der Waals surface area contributed by atoms with E-state index in [-0.39, 0.29) is 5.69 Å². The van der Waals surface area contributed by atoms with E-state index in [0.717, 1.165) is 12.8 Å². The van der Waals surface area contributed by atoms with Gasteiger partial charge in [0, 0.05) is 17.9 Å². The smallest absolute Gasteiger partial charge is 0.149 e. The first-order valence-corrected chi connectivity index (χ1v) is 7.45. The number of hydrogen-bond acceptors (Lipinski definition) is 1. The molecular weight excluding hydrogens is 300 g/mol. The van der Waals surface area contributed by atoms with Crippen LogP contribution in [0.15, 0.2) is 12.1 Å². The van der Waals surface area contributed by atoms with Crippen molar-refractivity contribution < 1.29 is 8.78 Å². The molecule has 100 valence electrons. The van der Waals surface area contributed by atoms with E-state index in [1.165, 1.54) is 12.1 Å². The lowest BCUT2D eigenvalue weighted by atomic mass is 10.1. The monoisotopic (exact) mass is 317 g/mol. The Morgan fingerprint density at radius 2 is 1.83 bits per heavy atom. The van der Waals surface area contributed by atoms with Crippen molar-refractivity contribution in [2.24, 2.45) is 5.92 Å². The third kappa shape index (κ3) is 3.02. The second-order valence-corrected chi connectivity index (χ2v) is 5.88. The maximum atomic E-state index is 14.1. The van der Waals surface area contributed by atoms with Gasteiger partial charge in [-0.15, -0.1) is 0 Å². The lowest BCUT2D eigenvalue weighted by Crippen LogP contribution is -2.31. The molecule has 1 fully saturated rings. The van der Waals surface area contributed by atoms with Gasteiger partial charge in [-0.2, -0.15) is 0 Å². The van der Waals surface area contributed by atoms with Crippen molar-refractivity contribution in [3.63, 3.8) is 0 Å². The maximum Gasteiger partial charge on any atom is 0.149 e. The van der Waals surface area contributed by atoms with Crippen molar-refractivity contribution >= 4 is 21.6 Å². The molecule has 0 atom stereocenters. The molecule has 0 heterocycles. The summed E-state index contributed by atoms with van der Waals surface area (Å²) in [6, 6.07) is 3.15. The molecule has 1 aromatic carbocycles. The van der Waals surface area contributed by atoms with Crippen molar-refractivity contribution in [2.75, 3.05) is 11.4 Å². The molecule has 1 nitrogen and oxygen atoms in total. The van der Waals surface area contributed by atoms with Crippen molar-refractivity contribution in [2.45, 2.75) is 38.1 Å². The molecule has 1 aliphatic carbocycles. The van der Waals surface area contributed by atoms with Crippen LogP contribution in [0.3, 0.4) is 0 Å². The SMILES string of the molecule is CC(C)CN(c1c(F)cc(CBr)cc1F)C1CC1. The highest BCUT2D eigenvalue weighted by Gasteiger charge is 2.32. The van der Waals surface area contributed by atoms with Crippen LogP contribution in [0.4, 0.5) is 14.5 Å². The zero-order valence-electron chi connectivity index (χ0n) is 10.7. The van der Waals surface area contributed by atoms with Gasteiger partial charge in [-0.3, -0.25) is 0 Å². The first-order chi connectivity index (χ1) is 8.52. The van der Waals surface area contributed by atoms with Crippen LogP contribution >= 0.6 is 15.9 Å². The van der Waals surface area contributed by atoms with E-state index >= 15 is 0 Å². The highest BCUT2D eigenvalue weighted by molar-refractivity contribution is 9.08. The van der Waals surface area contributed by atoms with Gasteiger partial charge in [0.1, 0.15) is 17.3 Å². The Morgan fingerprint density at radius 1 is 1.28 bits per heavy atom. The van der Waals surface area contributed by atoms with Gasteiger partial charge in [0.15, 0.2) is 0 Å². The van der Waals surface area contributed by atoms with Crippen molar-refractivity contribution in [3.8, 4) is 0 Å². The maximum absolute atomic E-state index is 14.1. The molecule has 18 heavy (non-hydrogen) atoms. The van der Waals surface area contributed by atoms with E-state index in [2.05, 4.69) is 29.8 Å². The minimum Gasteiger partial charge on any atom is -0.364 e. The van der Waals surface area contributed by atoms with Crippen LogP contribution in [-0.4, -0.2) is 12.6 Å². The molecule has 0 aliphatic heterocycles. The normalized spacial score (nSPS) is 15.2. The van der Waals surface area contributed by atoms with Gasteiger partial charge in [-0.25, -0.2) is 8.78 Å². The van der Waals surface area contributed by atoms with Crippen molar-refractivity contribution in [1.82, 2.24) is 0 Å². The van der Waals surface area contributed by atoms with E-state index < -0.39 is 11.6 Å². The fraction of sp³-hybridized carbons (Fsp3) is 0.571. The van der Waals surface area contributed by atoms with Gasteiger partial charge in [0.25, 0.3) is 0 Å². The topological polar surface area (TPSA) is 3.24 Å². The highest BCUT2D eigenvalue weighted by Crippen LogP contribution is 2.36. The predicted octanol–water partition coefficient (Wildman–Crippen LogP) is 4.48. The fourth-order valence-electron chi connectivity index (χ4n) is 2.17. The molecule has 1 saturated carbocycles. The Labute approximate surface area is 115 Å². The van der Waals surface area contributed by atoms with Gasteiger partial charge < -0.3 is 4.90 Å². The Kier molecular flexibility index (Phi) is 4.25. The molecule has 2 rings (SSSR count). The van der Waals surface area contributed by atoms with Crippen LogP contribution in [0.2, 0.25) is 0 Å². The first kappa shape index (κ1) is 13.8. The summed E-state index contributed by atoms with van der Waals surface area (Å²) in [6.07, 6.45) is 2.07. The average molecular weight is 318 g/mol. The number of rotatable bonds is 5. The van der Waals surface area contributed by atoms with E-state index in [4.69, 9.17) is 0 Å². The lowest BCUT2D eigenvalue weighted by molar-refractivity contribution is 0.543. The molecule has 4 heteroatoms. The van der Waals surface area contributed by atoms with Gasteiger partial charge in [0.05, 0.1) is 0 Å². The summed E-state index contributed by atoms with van der Waals surface area (Å²) >= 11 is 3.22. The van der Waals surface area contributed by atoms with Gasteiger partial charge in [-0.1, -0.05) is 29.8 Å². The molecule has 0 unspecified atom stereocenters. The summed E-state index contributed by atoms with van der Waals surface area (Å²) in [5.41, 5.74) is 0.782. The Balaban J connectivity index is 2.34. The Bertz CT molecular complexity index is 407. The summed E-state index contributed by atoms with van der Waals surface area (Å²) in [4.78, 5) is 1.90. The zero-order chi connectivity index (χ0) is 13.3. The quantitative estimate of drug-likeness (QED) is 0.723. The molecule has 1 aromatic rings. The van der Waals surface area contributed by atoms with Crippen LogP contribution < -0.4 is 4.90 Å². The Morgan fingerprint density at radius 3 is 2.22 bits per heavy atom. The average Bonchev–Trinajstić information content (AvgIpc) is 3.09. The summed E-state index contributed by atoms with van der Waals surface area (Å²) in [7, 11) is 0. The molecule has 0 radical (unpaired) electrons. The first-order valence-electron chi connectivity index (χ1n) is 6.33. The van der Waals surface area contributed by atoms with E-state index in [9.17, 15) is 8.78 Å². The number of hydrogen-bond donors (Lipinski definition) is 0. The molecule has 1 aliphatic rings. The second kappa shape index (κ2) is 5.55. The largest absolute Gasteiger partial charge is 0.364 e. The summed E-state index contributed by atoms with van der Waals surface area (Å²) < 4.78 is 28.2. The summed E-state index contributed by atoms with van der Waals surface area (Å²) in [5, 5.41) is 0.467. The van der Waals surface area contributed by atoms with E-state index in [1.807, 2.05) is 4.90 Å². The number of benzene rings is 1. The highest BCUT2D eigenvalue weighted by atomic mass is 79.9. The molecule has 0 aromatic heterocycles. The summed E-state index contributed by atoms with van der Waals surface area (Å²) in [6.45, 7) is 4.84. The number of anilines is 1.